The first kappa shape index (κ1) is 13.9. The molecule has 1 amide bonds. The van der Waals surface area contributed by atoms with Crippen molar-refractivity contribution in [1.82, 2.24) is 4.90 Å². The molecule has 1 unspecified atom stereocenters. The largest absolute Gasteiger partial charge is 0.497 e. The fourth-order valence-electron chi connectivity index (χ4n) is 2.51. The smallest absolute Gasteiger partial charge is 0.226 e. The molecule has 1 aliphatic rings. The van der Waals surface area contributed by atoms with Gasteiger partial charge in [-0.05, 0) is 36.5 Å². The van der Waals surface area contributed by atoms with E-state index in [1.807, 2.05) is 29.2 Å². The van der Waals surface area contributed by atoms with Gasteiger partial charge >= 0.3 is 0 Å². The summed E-state index contributed by atoms with van der Waals surface area (Å²) in [4.78, 5) is 14.1. The zero-order valence-electron chi connectivity index (χ0n) is 11.3. The number of aliphatic hydroxyl groups is 1. The summed E-state index contributed by atoms with van der Waals surface area (Å²) in [6, 6.07) is 7.61. The highest BCUT2D eigenvalue weighted by molar-refractivity contribution is 5.79. The SMILES string of the molecule is COc1ccc(CC(=O)N2CCC(CCO)C2)cc1. The Morgan fingerprint density at radius 1 is 1.42 bits per heavy atom. The molecule has 4 nitrogen and oxygen atoms in total. The highest BCUT2D eigenvalue weighted by Crippen LogP contribution is 2.20. The molecule has 104 valence electrons. The monoisotopic (exact) mass is 263 g/mol. The lowest BCUT2D eigenvalue weighted by molar-refractivity contribution is -0.129. The highest BCUT2D eigenvalue weighted by atomic mass is 16.5. The van der Waals surface area contributed by atoms with E-state index in [4.69, 9.17) is 9.84 Å². The van der Waals surface area contributed by atoms with E-state index in [0.29, 0.717) is 12.3 Å². The first-order valence-corrected chi connectivity index (χ1v) is 6.74. The Balaban J connectivity index is 1.87. The van der Waals surface area contributed by atoms with Crippen LogP contribution in [0.15, 0.2) is 24.3 Å². The van der Waals surface area contributed by atoms with E-state index in [9.17, 15) is 4.79 Å². The van der Waals surface area contributed by atoms with Crippen molar-refractivity contribution in [2.24, 2.45) is 5.92 Å². The van der Waals surface area contributed by atoms with Gasteiger partial charge in [-0.25, -0.2) is 0 Å². The van der Waals surface area contributed by atoms with Crippen LogP contribution in [0.3, 0.4) is 0 Å². The molecule has 0 saturated carbocycles. The Morgan fingerprint density at radius 2 is 2.16 bits per heavy atom. The number of aliphatic hydroxyl groups excluding tert-OH is 1. The Labute approximate surface area is 114 Å². The number of hydrogen-bond donors (Lipinski definition) is 1. The second kappa shape index (κ2) is 6.57. The minimum absolute atomic E-state index is 0.172. The van der Waals surface area contributed by atoms with E-state index < -0.39 is 0 Å². The summed E-state index contributed by atoms with van der Waals surface area (Å²) in [5.74, 6) is 1.44. The number of rotatable bonds is 5. The van der Waals surface area contributed by atoms with Crippen molar-refractivity contribution in [3.05, 3.63) is 29.8 Å². The predicted octanol–water partition coefficient (Wildman–Crippen LogP) is 1.47. The van der Waals surface area contributed by atoms with Gasteiger partial charge < -0.3 is 14.7 Å². The van der Waals surface area contributed by atoms with E-state index in [0.717, 1.165) is 37.2 Å². The highest BCUT2D eigenvalue weighted by Gasteiger charge is 2.25. The average Bonchev–Trinajstić information content (AvgIpc) is 2.89. The topological polar surface area (TPSA) is 49.8 Å². The molecule has 0 radical (unpaired) electrons. The fourth-order valence-corrected chi connectivity index (χ4v) is 2.51. The van der Waals surface area contributed by atoms with Gasteiger partial charge in [0.2, 0.25) is 5.91 Å². The van der Waals surface area contributed by atoms with Crippen LogP contribution in [-0.2, 0) is 11.2 Å². The number of benzene rings is 1. The van der Waals surface area contributed by atoms with Crippen LogP contribution in [0.25, 0.3) is 0 Å². The summed E-state index contributed by atoms with van der Waals surface area (Å²) in [7, 11) is 1.63. The molecule has 1 atom stereocenters. The summed E-state index contributed by atoms with van der Waals surface area (Å²) in [5.41, 5.74) is 1.01. The first-order chi connectivity index (χ1) is 9.22. The van der Waals surface area contributed by atoms with Crippen molar-refractivity contribution >= 4 is 5.91 Å². The van der Waals surface area contributed by atoms with Gasteiger partial charge in [-0.2, -0.15) is 0 Å². The second-order valence-electron chi connectivity index (χ2n) is 5.03. The number of nitrogens with zero attached hydrogens (tertiary/aromatic N) is 1. The van der Waals surface area contributed by atoms with E-state index in [1.54, 1.807) is 7.11 Å². The van der Waals surface area contributed by atoms with Gasteiger partial charge in [0.1, 0.15) is 5.75 Å². The van der Waals surface area contributed by atoms with Crippen LogP contribution in [0, 0.1) is 5.92 Å². The van der Waals surface area contributed by atoms with Gasteiger partial charge in [0.15, 0.2) is 0 Å². The fraction of sp³-hybridized carbons (Fsp3) is 0.533. The number of hydrogen-bond acceptors (Lipinski definition) is 3. The third-order valence-electron chi connectivity index (χ3n) is 3.69. The van der Waals surface area contributed by atoms with Crippen molar-refractivity contribution < 1.29 is 14.6 Å². The summed E-state index contributed by atoms with van der Waals surface area (Å²) in [5, 5.41) is 8.92. The Morgan fingerprint density at radius 3 is 2.79 bits per heavy atom. The van der Waals surface area contributed by atoms with E-state index >= 15 is 0 Å². The van der Waals surface area contributed by atoms with Gasteiger partial charge in [0.25, 0.3) is 0 Å². The normalized spacial score (nSPS) is 18.6. The Hall–Kier alpha value is -1.55. The predicted molar refractivity (Wildman–Crippen MR) is 73.1 cm³/mol. The van der Waals surface area contributed by atoms with Gasteiger partial charge in [-0.3, -0.25) is 4.79 Å². The number of carbonyl (C=O) groups is 1. The van der Waals surface area contributed by atoms with Crippen molar-refractivity contribution in [2.75, 3.05) is 26.8 Å². The molecule has 19 heavy (non-hydrogen) atoms. The number of amides is 1. The van der Waals surface area contributed by atoms with E-state index in [-0.39, 0.29) is 12.5 Å². The summed E-state index contributed by atoms with van der Waals surface area (Å²) >= 11 is 0. The molecule has 2 rings (SSSR count). The average molecular weight is 263 g/mol. The van der Waals surface area contributed by atoms with Crippen LogP contribution in [0.2, 0.25) is 0 Å². The summed E-state index contributed by atoms with van der Waals surface area (Å²) in [6.45, 7) is 1.82. The van der Waals surface area contributed by atoms with Crippen LogP contribution < -0.4 is 4.74 Å². The van der Waals surface area contributed by atoms with Gasteiger partial charge in [0.05, 0.1) is 13.5 Å². The molecule has 1 aromatic rings. The number of methoxy groups -OCH3 is 1. The number of carbonyl (C=O) groups excluding carboxylic acids is 1. The molecule has 1 N–H and O–H groups in total. The molecule has 1 aliphatic heterocycles. The molecule has 0 aromatic heterocycles. The number of likely N-dealkylation sites (tertiary alicyclic amines) is 1. The zero-order valence-corrected chi connectivity index (χ0v) is 11.3. The minimum Gasteiger partial charge on any atom is -0.497 e. The molecule has 1 heterocycles. The molecule has 0 spiro atoms. The Bertz CT molecular complexity index is 416. The lowest BCUT2D eigenvalue weighted by Gasteiger charge is -2.16. The maximum Gasteiger partial charge on any atom is 0.226 e. The Kier molecular flexibility index (Phi) is 4.80. The standard InChI is InChI=1S/C15H21NO3/c1-19-14-4-2-12(3-5-14)10-15(18)16-8-6-13(11-16)7-9-17/h2-5,13,17H,6-11H2,1H3. The van der Waals surface area contributed by atoms with Gasteiger partial charge in [0, 0.05) is 19.7 Å². The van der Waals surface area contributed by atoms with Crippen LogP contribution in [0.5, 0.6) is 5.75 Å². The van der Waals surface area contributed by atoms with Crippen LogP contribution in [0.4, 0.5) is 0 Å². The van der Waals surface area contributed by atoms with Crippen molar-refractivity contribution in [1.29, 1.82) is 0 Å². The van der Waals surface area contributed by atoms with Crippen molar-refractivity contribution in [3.63, 3.8) is 0 Å². The van der Waals surface area contributed by atoms with Crippen molar-refractivity contribution in [2.45, 2.75) is 19.3 Å². The molecule has 1 saturated heterocycles. The van der Waals surface area contributed by atoms with Gasteiger partial charge in [-0.15, -0.1) is 0 Å². The third-order valence-corrected chi connectivity index (χ3v) is 3.69. The molecular formula is C15H21NO3. The van der Waals surface area contributed by atoms with E-state index in [1.165, 1.54) is 0 Å². The minimum atomic E-state index is 0.172. The van der Waals surface area contributed by atoms with Crippen LogP contribution in [0.1, 0.15) is 18.4 Å². The maximum absolute atomic E-state index is 12.2. The first-order valence-electron chi connectivity index (χ1n) is 6.74. The van der Waals surface area contributed by atoms with Crippen LogP contribution >= 0.6 is 0 Å². The zero-order chi connectivity index (χ0) is 13.7. The maximum atomic E-state index is 12.2. The quantitative estimate of drug-likeness (QED) is 0.875. The van der Waals surface area contributed by atoms with Crippen molar-refractivity contribution in [3.8, 4) is 5.75 Å². The number of ether oxygens (including phenoxy) is 1. The summed E-state index contributed by atoms with van der Waals surface area (Å²) < 4.78 is 5.10. The summed E-state index contributed by atoms with van der Waals surface area (Å²) in [6.07, 6.45) is 2.25. The van der Waals surface area contributed by atoms with E-state index in [2.05, 4.69) is 0 Å². The molecule has 0 bridgehead atoms. The molecule has 1 fully saturated rings. The lowest BCUT2D eigenvalue weighted by atomic mass is 10.1. The third kappa shape index (κ3) is 3.70. The van der Waals surface area contributed by atoms with Gasteiger partial charge in [-0.1, -0.05) is 12.1 Å². The lowest BCUT2D eigenvalue weighted by Crippen LogP contribution is -2.30. The molecule has 4 heteroatoms. The molecular weight excluding hydrogens is 242 g/mol. The molecule has 1 aromatic carbocycles. The van der Waals surface area contributed by atoms with Crippen LogP contribution in [-0.4, -0.2) is 42.7 Å². The molecule has 0 aliphatic carbocycles. The second-order valence-corrected chi connectivity index (χ2v) is 5.03.